The van der Waals surface area contributed by atoms with E-state index in [2.05, 4.69) is 5.32 Å². The molecule has 0 aliphatic heterocycles. The van der Waals surface area contributed by atoms with E-state index in [1.54, 1.807) is 6.92 Å². The van der Waals surface area contributed by atoms with Crippen LogP contribution >= 0.6 is 0 Å². The molecule has 0 fully saturated rings. The fourth-order valence-corrected chi connectivity index (χ4v) is 2.08. The van der Waals surface area contributed by atoms with Crippen LogP contribution in [0.1, 0.15) is 23.7 Å². The van der Waals surface area contributed by atoms with Crippen molar-refractivity contribution in [3.05, 3.63) is 29.6 Å². The molecule has 0 bridgehead atoms. The molecule has 0 aliphatic rings. The number of carboxylic acids is 1. The zero-order chi connectivity index (χ0) is 16.2. The van der Waals surface area contributed by atoms with Crippen LogP contribution in [0.4, 0.5) is 10.1 Å². The molecule has 0 aromatic heterocycles. The van der Waals surface area contributed by atoms with E-state index in [0.29, 0.717) is 0 Å². The number of hydrogen-bond donors (Lipinski definition) is 3. The van der Waals surface area contributed by atoms with Crippen molar-refractivity contribution in [2.75, 3.05) is 11.0 Å². The molecule has 9 heteroatoms. The van der Waals surface area contributed by atoms with Gasteiger partial charge in [-0.05, 0) is 24.6 Å². The molecule has 1 atom stereocenters. The minimum absolute atomic E-state index is 0.0535. The number of carbonyl (C=O) groups is 2. The van der Waals surface area contributed by atoms with Crippen LogP contribution in [0.25, 0.3) is 0 Å². The molecular formula is C12H15FN2O5S. The lowest BCUT2D eigenvalue weighted by molar-refractivity contribution is -0.139. The minimum Gasteiger partial charge on any atom is -0.480 e. The van der Waals surface area contributed by atoms with Gasteiger partial charge in [-0.15, -0.1) is 0 Å². The number of amides is 1. The van der Waals surface area contributed by atoms with Crippen LogP contribution in [0.15, 0.2) is 18.2 Å². The Labute approximate surface area is 121 Å². The molecule has 1 aromatic rings. The van der Waals surface area contributed by atoms with Crippen molar-refractivity contribution in [1.29, 1.82) is 0 Å². The second-order valence-corrected chi connectivity index (χ2v) is 6.09. The lowest BCUT2D eigenvalue weighted by atomic mass is 10.1. The van der Waals surface area contributed by atoms with E-state index in [4.69, 9.17) is 5.11 Å². The monoisotopic (exact) mass is 318 g/mol. The highest BCUT2D eigenvalue weighted by atomic mass is 32.2. The topological polar surface area (TPSA) is 113 Å². The van der Waals surface area contributed by atoms with Gasteiger partial charge in [0, 0.05) is 5.56 Å². The predicted octanol–water partition coefficient (Wildman–Crippen LogP) is 0.790. The highest BCUT2D eigenvalue weighted by Crippen LogP contribution is 2.17. The first-order valence-electron chi connectivity index (χ1n) is 5.95. The third kappa shape index (κ3) is 5.03. The summed E-state index contributed by atoms with van der Waals surface area (Å²) in [6.07, 6.45) is 1.02. The van der Waals surface area contributed by atoms with Crippen molar-refractivity contribution >= 4 is 27.6 Å². The summed E-state index contributed by atoms with van der Waals surface area (Å²) in [4.78, 5) is 22.7. The Morgan fingerprint density at radius 3 is 2.48 bits per heavy atom. The summed E-state index contributed by atoms with van der Waals surface area (Å²) in [6, 6.07) is 1.98. The number of halogens is 1. The molecule has 1 rings (SSSR count). The van der Waals surface area contributed by atoms with Gasteiger partial charge in [0.15, 0.2) is 0 Å². The molecule has 0 saturated carbocycles. The first-order chi connectivity index (χ1) is 9.64. The van der Waals surface area contributed by atoms with Gasteiger partial charge in [0.1, 0.15) is 11.9 Å². The third-order valence-electron chi connectivity index (χ3n) is 2.54. The number of carboxylic acid groups (broad SMARTS) is 1. The maximum absolute atomic E-state index is 13.5. The Bertz CT molecular complexity index is 660. The van der Waals surface area contributed by atoms with Crippen LogP contribution in [0.3, 0.4) is 0 Å². The summed E-state index contributed by atoms with van der Waals surface area (Å²) in [5.41, 5.74) is -0.434. The van der Waals surface area contributed by atoms with Crippen molar-refractivity contribution in [2.45, 2.75) is 19.4 Å². The van der Waals surface area contributed by atoms with E-state index in [9.17, 15) is 22.4 Å². The molecule has 1 unspecified atom stereocenters. The van der Waals surface area contributed by atoms with Gasteiger partial charge < -0.3 is 10.4 Å². The van der Waals surface area contributed by atoms with Crippen molar-refractivity contribution in [2.24, 2.45) is 0 Å². The highest BCUT2D eigenvalue weighted by Gasteiger charge is 2.19. The zero-order valence-corrected chi connectivity index (χ0v) is 12.2. The molecule has 0 heterocycles. The summed E-state index contributed by atoms with van der Waals surface area (Å²) in [6.45, 7) is 1.58. The Kier molecular flexibility index (Phi) is 5.25. The third-order valence-corrected chi connectivity index (χ3v) is 3.13. The normalized spacial score (nSPS) is 12.5. The van der Waals surface area contributed by atoms with Crippen molar-refractivity contribution in [1.82, 2.24) is 5.32 Å². The number of carbonyl (C=O) groups excluding carboxylic acids is 1. The molecular weight excluding hydrogens is 303 g/mol. The Hall–Kier alpha value is -2.16. The number of benzene rings is 1. The molecule has 0 spiro atoms. The number of sulfonamides is 1. The first-order valence-corrected chi connectivity index (χ1v) is 7.84. The molecule has 7 nitrogen and oxygen atoms in total. The summed E-state index contributed by atoms with van der Waals surface area (Å²) in [5.74, 6) is -2.77. The van der Waals surface area contributed by atoms with Gasteiger partial charge in [0.05, 0.1) is 11.9 Å². The highest BCUT2D eigenvalue weighted by molar-refractivity contribution is 7.92. The van der Waals surface area contributed by atoms with E-state index < -0.39 is 33.8 Å². The van der Waals surface area contributed by atoms with E-state index >= 15 is 0 Å². The number of hydrogen-bond acceptors (Lipinski definition) is 4. The number of aliphatic carboxylic acids is 1. The fraction of sp³-hybridized carbons (Fsp3) is 0.333. The molecule has 0 aliphatic carbocycles. The first kappa shape index (κ1) is 16.9. The van der Waals surface area contributed by atoms with E-state index in [-0.39, 0.29) is 17.7 Å². The molecule has 116 valence electrons. The second kappa shape index (κ2) is 6.53. The van der Waals surface area contributed by atoms with Crippen molar-refractivity contribution < 1.29 is 27.5 Å². The van der Waals surface area contributed by atoms with Crippen LogP contribution in [0, 0.1) is 5.82 Å². The quantitative estimate of drug-likeness (QED) is 0.718. The summed E-state index contributed by atoms with van der Waals surface area (Å²) in [5, 5.41) is 11.1. The van der Waals surface area contributed by atoms with Crippen LogP contribution < -0.4 is 10.0 Å². The van der Waals surface area contributed by atoms with E-state index in [0.717, 1.165) is 24.5 Å². The lowest BCUT2D eigenvalue weighted by Crippen LogP contribution is -2.40. The van der Waals surface area contributed by atoms with Crippen LogP contribution in [0.5, 0.6) is 0 Å². The lowest BCUT2D eigenvalue weighted by Gasteiger charge is -2.13. The average Bonchev–Trinajstić information content (AvgIpc) is 2.36. The molecule has 0 saturated heterocycles. The predicted molar refractivity (Wildman–Crippen MR) is 74.0 cm³/mol. The Morgan fingerprint density at radius 2 is 2.00 bits per heavy atom. The van der Waals surface area contributed by atoms with E-state index in [1.807, 2.05) is 4.72 Å². The van der Waals surface area contributed by atoms with Gasteiger partial charge in [0.2, 0.25) is 10.0 Å². The summed E-state index contributed by atoms with van der Waals surface area (Å²) in [7, 11) is -3.70. The number of rotatable bonds is 6. The maximum Gasteiger partial charge on any atom is 0.326 e. The van der Waals surface area contributed by atoms with Crippen LogP contribution in [-0.2, 0) is 14.8 Å². The van der Waals surface area contributed by atoms with Gasteiger partial charge in [-0.3, -0.25) is 9.52 Å². The smallest absolute Gasteiger partial charge is 0.326 e. The Morgan fingerprint density at radius 1 is 1.38 bits per heavy atom. The Balaban J connectivity index is 3.01. The van der Waals surface area contributed by atoms with E-state index in [1.165, 1.54) is 0 Å². The standard InChI is InChI=1S/C12H15FN2O5S/c1-3-9(12(17)18)14-11(16)7-4-5-8(13)10(6-7)15-21(2,19)20/h4-6,9,15H,3H2,1-2H3,(H,14,16)(H,17,18). The molecule has 1 aromatic carbocycles. The van der Waals surface area contributed by atoms with Gasteiger partial charge in [0.25, 0.3) is 5.91 Å². The molecule has 3 N–H and O–H groups in total. The summed E-state index contributed by atoms with van der Waals surface area (Å²) < 4.78 is 37.6. The maximum atomic E-state index is 13.5. The van der Waals surface area contributed by atoms with Crippen LogP contribution in [0.2, 0.25) is 0 Å². The average molecular weight is 318 g/mol. The molecule has 1 amide bonds. The molecule has 21 heavy (non-hydrogen) atoms. The van der Waals surface area contributed by atoms with Gasteiger partial charge in [-0.25, -0.2) is 17.6 Å². The fourth-order valence-electron chi connectivity index (χ4n) is 1.52. The SMILES string of the molecule is CCC(NC(=O)c1ccc(F)c(NS(C)(=O)=O)c1)C(=O)O. The molecule has 0 radical (unpaired) electrons. The van der Waals surface area contributed by atoms with Crippen molar-refractivity contribution in [3.8, 4) is 0 Å². The summed E-state index contributed by atoms with van der Waals surface area (Å²) >= 11 is 0. The number of nitrogens with one attached hydrogen (secondary N) is 2. The van der Waals surface area contributed by atoms with Gasteiger partial charge in [-0.2, -0.15) is 0 Å². The van der Waals surface area contributed by atoms with Gasteiger partial charge in [-0.1, -0.05) is 6.92 Å². The van der Waals surface area contributed by atoms with Crippen LogP contribution in [-0.4, -0.2) is 37.7 Å². The minimum atomic E-state index is -3.70. The van der Waals surface area contributed by atoms with Crippen molar-refractivity contribution in [3.63, 3.8) is 0 Å². The zero-order valence-electron chi connectivity index (χ0n) is 11.4. The van der Waals surface area contributed by atoms with Gasteiger partial charge >= 0.3 is 5.97 Å². The number of anilines is 1. The largest absolute Gasteiger partial charge is 0.480 e. The second-order valence-electron chi connectivity index (χ2n) is 4.34.